The maximum absolute atomic E-state index is 12.4. The molecule has 116 valence electrons. The average Bonchev–Trinajstić information content (AvgIpc) is 2.33. The van der Waals surface area contributed by atoms with Crippen LogP contribution in [0.15, 0.2) is 24.3 Å². The lowest BCUT2D eigenvalue weighted by molar-refractivity contribution is -0.117. The third-order valence-corrected chi connectivity index (χ3v) is 4.99. The van der Waals surface area contributed by atoms with Crippen LogP contribution in [0.25, 0.3) is 0 Å². The van der Waals surface area contributed by atoms with Crippen molar-refractivity contribution in [2.24, 2.45) is 0 Å². The molecule has 1 saturated heterocycles. The highest BCUT2D eigenvalue weighted by Crippen LogP contribution is 2.33. The van der Waals surface area contributed by atoms with Crippen molar-refractivity contribution in [2.75, 3.05) is 18.4 Å². The lowest BCUT2D eigenvalue weighted by Gasteiger charge is -2.35. The molecule has 4 heteroatoms. The van der Waals surface area contributed by atoms with Gasteiger partial charge in [0.2, 0.25) is 5.91 Å². The Labute approximate surface area is 132 Å². The van der Waals surface area contributed by atoms with E-state index in [9.17, 15) is 4.79 Å². The molecule has 2 rings (SSSR count). The minimum absolute atomic E-state index is 0.0582. The number of rotatable bonds is 4. The summed E-state index contributed by atoms with van der Waals surface area (Å²) >= 11 is 1.64. The van der Waals surface area contributed by atoms with Gasteiger partial charge in [0.1, 0.15) is 4.75 Å². The second kappa shape index (κ2) is 6.01. The number of hydrogen-bond acceptors (Lipinski definition) is 3. The molecule has 0 bridgehead atoms. The maximum atomic E-state index is 12.4. The summed E-state index contributed by atoms with van der Waals surface area (Å²) < 4.78 is 1.81. The number of carbonyl (C=O) groups is 1. The molecule has 1 aromatic carbocycles. The average molecular weight is 306 g/mol. The molecule has 0 aromatic heterocycles. The second-order valence-electron chi connectivity index (χ2n) is 7.17. The third kappa shape index (κ3) is 4.24. The predicted molar refractivity (Wildman–Crippen MR) is 91.6 cm³/mol. The van der Waals surface area contributed by atoms with Gasteiger partial charge in [0.25, 0.3) is 0 Å². The van der Waals surface area contributed by atoms with E-state index in [4.69, 9.17) is 0 Å². The van der Waals surface area contributed by atoms with Crippen molar-refractivity contribution in [2.45, 2.75) is 51.2 Å². The molecule has 1 aliphatic heterocycles. The molecular formula is C17H26N2OS. The molecule has 1 aromatic rings. The largest absolute Gasteiger partial charge is 0.325 e. The predicted octanol–water partition coefficient (Wildman–Crippen LogP) is 4.06. The summed E-state index contributed by atoms with van der Waals surface area (Å²) in [6.07, 6.45) is 1.24. The van der Waals surface area contributed by atoms with Gasteiger partial charge in [-0.3, -0.25) is 4.79 Å². The SMILES string of the molecule is CC(C)(SN1CCC1)C(=O)Nc1ccc(C(C)(C)C)cc1. The van der Waals surface area contributed by atoms with Gasteiger partial charge in [-0.05, 0) is 43.4 Å². The van der Waals surface area contributed by atoms with E-state index in [1.165, 1.54) is 12.0 Å². The molecule has 1 fully saturated rings. The summed E-state index contributed by atoms with van der Waals surface area (Å²) in [6.45, 7) is 12.7. The molecule has 0 atom stereocenters. The van der Waals surface area contributed by atoms with Gasteiger partial charge in [0.15, 0.2) is 0 Å². The Bertz CT molecular complexity index is 499. The molecule has 0 spiro atoms. The third-order valence-electron chi connectivity index (χ3n) is 3.73. The first-order valence-electron chi connectivity index (χ1n) is 7.54. The van der Waals surface area contributed by atoms with Gasteiger partial charge < -0.3 is 5.32 Å². The number of amides is 1. The van der Waals surface area contributed by atoms with Crippen molar-refractivity contribution in [3.8, 4) is 0 Å². The van der Waals surface area contributed by atoms with Gasteiger partial charge in [-0.15, -0.1) is 0 Å². The first-order chi connectivity index (χ1) is 9.68. The minimum Gasteiger partial charge on any atom is -0.325 e. The van der Waals surface area contributed by atoms with E-state index >= 15 is 0 Å². The van der Waals surface area contributed by atoms with Crippen LogP contribution >= 0.6 is 11.9 Å². The summed E-state index contributed by atoms with van der Waals surface area (Å²) in [5.74, 6) is 0.0582. The fraction of sp³-hybridized carbons (Fsp3) is 0.588. The molecule has 21 heavy (non-hydrogen) atoms. The Morgan fingerprint density at radius 2 is 1.67 bits per heavy atom. The molecular weight excluding hydrogens is 280 g/mol. The molecule has 1 heterocycles. The Hall–Kier alpha value is -1.00. The van der Waals surface area contributed by atoms with Crippen molar-refractivity contribution < 1.29 is 4.79 Å². The van der Waals surface area contributed by atoms with Crippen LogP contribution in [0.3, 0.4) is 0 Å². The lowest BCUT2D eigenvalue weighted by Crippen LogP contribution is -2.41. The standard InChI is InChI=1S/C17H26N2OS/c1-16(2,3)13-7-9-14(10-8-13)18-15(20)17(4,5)21-19-11-6-12-19/h7-10H,6,11-12H2,1-5H3,(H,18,20). The molecule has 3 nitrogen and oxygen atoms in total. The first kappa shape index (κ1) is 16.4. The zero-order valence-electron chi connectivity index (χ0n) is 13.7. The minimum atomic E-state index is -0.441. The number of nitrogens with zero attached hydrogens (tertiary/aromatic N) is 1. The topological polar surface area (TPSA) is 32.3 Å². The van der Waals surface area contributed by atoms with Crippen LogP contribution in [-0.4, -0.2) is 28.0 Å². The fourth-order valence-corrected chi connectivity index (χ4v) is 3.30. The summed E-state index contributed by atoms with van der Waals surface area (Å²) in [5.41, 5.74) is 2.27. The Kier molecular flexibility index (Phi) is 4.69. The van der Waals surface area contributed by atoms with Gasteiger partial charge in [-0.1, -0.05) is 44.9 Å². The Balaban J connectivity index is 1.98. The molecule has 0 aliphatic carbocycles. The van der Waals surface area contributed by atoms with Gasteiger partial charge in [-0.25, -0.2) is 4.31 Å². The summed E-state index contributed by atoms with van der Waals surface area (Å²) in [7, 11) is 0. The van der Waals surface area contributed by atoms with Gasteiger partial charge in [0, 0.05) is 18.8 Å². The molecule has 1 amide bonds. The van der Waals surface area contributed by atoms with Crippen LogP contribution in [0.5, 0.6) is 0 Å². The zero-order valence-corrected chi connectivity index (χ0v) is 14.5. The van der Waals surface area contributed by atoms with E-state index in [-0.39, 0.29) is 11.3 Å². The highest BCUT2D eigenvalue weighted by molar-refractivity contribution is 7.99. The van der Waals surface area contributed by atoms with Crippen molar-refractivity contribution in [1.29, 1.82) is 0 Å². The van der Waals surface area contributed by atoms with Crippen molar-refractivity contribution >= 4 is 23.5 Å². The number of anilines is 1. The number of hydrogen-bond donors (Lipinski definition) is 1. The van der Waals surface area contributed by atoms with E-state index in [0.29, 0.717) is 0 Å². The normalized spacial score (nSPS) is 16.4. The highest BCUT2D eigenvalue weighted by Gasteiger charge is 2.33. The van der Waals surface area contributed by atoms with Crippen molar-refractivity contribution in [3.63, 3.8) is 0 Å². The molecule has 0 saturated carbocycles. The second-order valence-corrected chi connectivity index (χ2v) is 8.89. The monoisotopic (exact) mass is 306 g/mol. The number of carbonyl (C=O) groups excluding carboxylic acids is 1. The number of nitrogens with one attached hydrogen (secondary N) is 1. The van der Waals surface area contributed by atoms with E-state index in [0.717, 1.165) is 18.8 Å². The first-order valence-corrected chi connectivity index (χ1v) is 8.32. The summed E-state index contributed by atoms with van der Waals surface area (Å²) in [5, 5.41) is 3.03. The lowest BCUT2D eigenvalue weighted by atomic mass is 9.87. The quantitative estimate of drug-likeness (QED) is 0.852. The zero-order chi connectivity index (χ0) is 15.7. The maximum Gasteiger partial charge on any atom is 0.241 e. The smallest absolute Gasteiger partial charge is 0.241 e. The van der Waals surface area contributed by atoms with Crippen molar-refractivity contribution in [1.82, 2.24) is 4.31 Å². The molecule has 1 N–H and O–H groups in total. The van der Waals surface area contributed by atoms with E-state index in [2.05, 4.69) is 42.5 Å². The number of benzene rings is 1. The van der Waals surface area contributed by atoms with Crippen molar-refractivity contribution in [3.05, 3.63) is 29.8 Å². The summed E-state index contributed by atoms with van der Waals surface area (Å²) in [6, 6.07) is 8.15. The van der Waals surface area contributed by atoms with Crippen LogP contribution in [0.2, 0.25) is 0 Å². The van der Waals surface area contributed by atoms with Crippen LogP contribution in [0.1, 0.15) is 46.6 Å². The molecule has 1 aliphatic rings. The van der Waals surface area contributed by atoms with Crippen LogP contribution in [0, 0.1) is 0 Å². The van der Waals surface area contributed by atoms with Crippen LogP contribution < -0.4 is 5.32 Å². The fourth-order valence-electron chi connectivity index (χ4n) is 2.08. The van der Waals surface area contributed by atoms with Gasteiger partial charge in [0.05, 0.1) is 0 Å². The van der Waals surface area contributed by atoms with Gasteiger partial charge >= 0.3 is 0 Å². The van der Waals surface area contributed by atoms with Gasteiger partial charge in [-0.2, -0.15) is 0 Å². The Morgan fingerprint density at radius 1 is 1.10 bits per heavy atom. The van der Waals surface area contributed by atoms with Crippen LogP contribution in [-0.2, 0) is 10.2 Å². The van der Waals surface area contributed by atoms with Crippen LogP contribution in [0.4, 0.5) is 5.69 Å². The van der Waals surface area contributed by atoms with E-state index in [1.54, 1.807) is 11.9 Å². The highest BCUT2D eigenvalue weighted by atomic mass is 32.2. The van der Waals surface area contributed by atoms with E-state index < -0.39 is 4.75 Å². The molecule has 0 radical (unpaired) electrons. The Morgan fingerprint density at radius 3 is 2.10 bits per heavy atom. The summed E-state index contributed by atoms with van der Waals surface area (Å²) in [4.78, 5) is 12.4. The molecule has 0 unspecified atom stereocenters. The van der Waals surface area contributed by atoms with E-state index in [1.807, 2.05) is 26.0 Å².